The molecule has 0 spiro atoms. The van der Waals surface area contributed by atoms with Crippen molar-refractivity contribution in [2.45, 2.75) is 93.1 Å². The van der Waals surface area contributed by atoms with E-state index in [1.54, 1.807) is 47.6 Å². The minimum absolute atomic E-state index is 0.0336. The van der Waals surface area contributed by atoms with Gasteiger partial charge in [0.15, 0.2) is 0 Å². The summed E-state index contributed by atoms with van der Waals surface area (Å²) in [4.78, 5) is 58.9. The predicted octanol–water partition coefficient (Wildman–Crippen LogP) is 8.03. The average molecular weight is 725 g/mol. The molecule has 0 aliphatic carbocycles. The largest absolute Gasteiger partial charge is 0.459 e. The molecule has 2 N–H and O–H groups in total. The third-order valence-electron chi connectivity index (χ3n) is 7.82. The summed E-state index contributed by atoms with van der Waals surface area (Å²) in [5.74, 6) is -0.914. The second kappa shape index (κ2) is 17.4. The molecule has 3 aromatic carbocycles. The summed E-state index contributed by atoms with van der Waals surface area (Å²) in [7, 11) is 0. The number of ether oxygens (including phenoxy) is 3. The van der Waals surface area contributed by atoms with Crippen LogP contribution in [0.5, 0.6) is 0 Å². The number of pyridine rings is 1. The Labute approximate surface area is 312 Å². The molecule has 1 heterocycles. The zero-order valence-corrected chi connectivity index (χ0v) is 32.3. The van der Waals surface area contributed by atoms with E-state index in [4.69, 9.17) is 19.2 Å². The molecule has 0 fully saturated rings. The standard InChI is InChI=1S/C42H52N4O7/c1-27(2)21-35-33(23-43-40(50)53-42(7,8)9)38(30-17-15-28(3)16-18-30)32-22-31(19-20-34(32)45-35)46(25-37(48)52-41(4,5)6)36(47)24-44-39(49)51-26-29-13-11-10-12-14-29/h10-20,22,27H,21,23-26H2,1-9H3,(H,43,50)(H,44,49). The molecule has 0 bridgehead atoms. The number of carbonyl (C=O) groups is 4. The fraction of sp³-hybridized carbons (Fsp3) is 0.405. The number of anilines is 1. The van der Waals surface area contributed by atoms with E-state index in [9.17, 15) is 19.2 Å². The highest BCUT2D eigenvalue weighted by molar-refractivity contribution is 6.04. The third-order valence-corrected chi connectivity index (χ3v) is 7.82. The number of rotatable bonds is 12. The Bertz CT molecular complexity index is 1910. The van der Waals surface area contributed by atoms with Crippen molar-refractivity contribution < 1.29 is 33.4 Å². The number of nitrogens with zero attached hydrogens (tertiary/aromatic N) is 2. The zero-order chi connectivity index (χ0) is 38.9. The first-order valence-corrected chi connectivity index (χ1v) is 17.8. The van der Waals surface area contributed by atoms with Gasteiger partial charge in [-0.05, 0) is 95.7 Å². The van der Waals surface area contributed by atoms with E-state index in [1.165, 1.54) is 4.90 Å². The van der Waals surface area contributed by atoms with Crippen LogP contribution in [0.15, 0.2) is 72.8 Å². The molecule has 0 unspecified atom stereocenters. The predicted molar refractivity (Wildman–Crippen MR) is 206 cm³/mol. The number of aryl methyl sites for hydroxylation is 1. The van der Waals surface area contributed by atoms with Crippen LogP contribution in [-0.4, -0.2) is 53.3 Å². The number of esters is 1. The molecule has 53 heavy (non-hydrogen) atoms. The number of aromatic nitrogens is 1. The van der Waals surface area contributed by atoms with E-state index in [2.05, 4.69) is 24.5 Å². The van der Waals surface area contributed by atoms with Crippen molar-refractivity contribution in [2.24, 2.45) is 5.92 Å². The number of alkyl carbamates (subject to hydrolysis) is 2. The molecule has 3 amide bonds. The first kappa shape index (κ1) is 40.3. The van der Waals surface area contributed by atoms with Crippen LogP contribution < -0.4 is 15.5 Å². The summed E-state index contributed by atoms with van der Waals surface area (Å²) in [5, 5.41) is 6.15. The van der Waals surface area contributed by atoms with Crippen LogP contribution in [0.1, 0.15) is 77.8 Å². The first-order chi connectivity index (χ1) is 24.9. The molecule has 11 heteroatoms. The average Bonchev–Trinajstić information content (AvgIpc) is 3.06. The highest BCUT2D eigenvalue weighted by Crippen LogP contribution is 2.36. The van der Waals surface area contributed by atoms with Crippen molar-refractivity contribution >= 4 is 40.7 Å². The molecular formula is C42H52N4O7. The van der Waals surface area contributed by atoms with Crippen molar-refractivity contribution in [3.05, 3.63) is 95.2 Å². The number of fused-ring (bicyclic) bond motifs is 1. The summed E-state index contributed by atoms with van der Waals surface area (Å²) in [5.41, 5.74) is 4.82. The molecule has 0 aliphatic heterocycles. The Hall–Kier alpha value is -5.45. The van der Waals surface area contributed by atoms with Gasteiger partial charge >= 0.3 is 18.2 Å². The molecule has 11 nitrogen and oxygen atoms in total. The summed E-state index contributed by atoms with van der Waals surface area (Å²) in [6, 6.07) is 22.6. The van der Waals surface area contributed by atoms with Gasteiger partial charge in [-0.2, -0.15) is 0 Å². The second-order valence-electron chi connectivity index (χ2n) is 15.4. The van der Waals surface area contributed by atoms with Gasteiger partial charge in [0.25, 0.3) is 0 Å². The minimum atomic E-state index is -0.792. The summed E-state index contributed by atoms with van der Waals surface area (Å²) in [6.07, 6.45) is -0.679. The van der Waals surface area contributed by atoms with Gasteiger partial charge in [0.05, 0.1) is 5.52 Å². The van der Waals surface area contributed by atoms with Gasteiger partial charge in [-0.15, -0.1) is 0 Å². The lowest BCUT2D eigenvalue weighted by molar-refractivity contribution is -0.153. The molecule has 0 atom stereocenters. The number of amides is 3. The van der Waals surface area contributed by atoms with Crippen LogP contribution in [0.2, 0.25) is 0 Å². The van der Waals surface area contributed by atoms with E-state index in [1.807, 2.05) is 73.7 Å². The Kier molecular flexibility index (Phi) is 13.2. The fourth-order valence-electron chi connectivity index (χ4n) is 5.62. The summed E-state index contributed by atoms with van der Waals surface area (Å²) >= 11 is 0. The van der Waals surface area contributed by atoms with Crippen LogP contribution in [0, 0.1) is 12.8 Å². The van der Waals surface area contributed by atoms with Gasteiger partial charge in [-0.25, -0.2) is 9.59 Å². The highest BCUT2D eigenvalue weighted by atomic mass is 16.6. The summed E-state index contributed by atoms with van der Waals surface area (Å²) < 4.78 is 16.5. The SMILES string of the molecule is Cc1ccc(-c2c(CNC(=O)OC(C)(C)C)c(CC(C)C)nc3ccc(N(CC(=O)OC(C)(C)C)C(=O)CNC(=O)OCc4ccccc4)cc23)cc1. The molecule has 282 valence electrons. The number of carbonyl (C=O) groups excluding carboxylic acids is 4. The third kappa shape index (κ3) is 12.3. The molecule has 0 saturated carbocycles. The van der Waals surface area contributed by atoms with Crippen molar-refractivity contribution in [1.29, 1.82) is 0 Å². The van der Waals surface area contributed by atoms with Crippen LogP contribution in [0.4, 0.5) is 15.3 Å². The van der Waals surface area contributed by atoms with Crippen molar-refractivity contribution in [3.8, 4) is 11.1 Å². The molecule has 4 rings (SSSR count). The maximum Gasteiger partial charge on any atom is 0.407 e. The van der Waals surface area contributed by atoms with Crippen molar-refractivity contribution in [1.82, 2.24) is 15.6 Å². The van der Waals surface area contributed by atoms with Crippen molar-refractivity contribution in [3.63, 3.8) is 0 Å². The Morgan fingerprint density at radius 2 is 1.47 bits per heavy atom. The highest BCUT2D eigenvalue weighted by Gasteiger charge is 2.26. The Balaban J connectivity index is 1.79. The molecule has 0 saturated heterocycles. The van der Waals surface area contributed by atoms with E-state index < -0.39 is 48.4 Å². The minimum Gasteiger partial charge on any atom is -0.459 e. The first-order valence-electron chi connectivity index (χ1n) is 17.8. The maximum atomic E-state index is 13.9. The van der Waals surface area contributed by atoms with Crippen LogP contribution in [0.3, 0.4) is 0 Å². The molecule has 1 aromatic heterocycles. The number of benzene rings is 3. The normalized spacial score (nSPS) is 11.6. The maximum absolute atomic E-state index is 13.9. The monoisotopic (exact) mass is 724 g/mol. The fourth-order valence-corrected chi connectivity index (χ4v) is 5.62. The van der Waals surface area contributed by atoms with Gasteiger partial charge in [-0.3, -0.25) is 19.5 Å². The Morgan fingerprint density at radius 3 is 2.09 bits per heavy atom. The van der Waals surface area contributed by atoms with Gasteiger partial charge in [0, 0.05) is 28.9 Å². The van der Waals surface area contributed by atoms with E-state index >= 15 is 0 Å². The lowest BCUT2D eigenvalue weighted by Crippen LogP contribution is -2.44. The number of nitrogens with one attached hydrogen (secondary N) is 2. The van der Waals surface area contributed by atoms with Crippen LogP contribution in [-0.2, 0) is 43.4 Å². The van der Waals surface area contributed by atoms with Gasteiger partial charge in [0.2, 0.25) is 5.91 Å². The van der Waals surface area contributed by atoms with Gasteiger partial charge < -0.3 is 24.8 Å². The Morgan fingerprint density at radius 1 is 0.811 bits per heavy atom. The number of hydrogen-bond donors (Lipinski definition) is 2. The van der Waals surface area contributed by atoms with Gasteiger partial charge in [-0.1, -0.05) is 74.0 Å². The lowest BCUT2D eigenvalue weighted by Gasteiger charge is -2.26. The molecular weight excluding hydrogens is 672 g/mol. The van der Waals surface area contributed by atoms with E-state index in [0.29, 0.717) is 23.0 Å². The van der Waals surface area contributed by atoms with E-state index in [0.717, 1.165) is 33.5 Å². The van der Waals surface area contributed by atoms with Crippen molar-refractivity contribution in [2.75, 3.05) is 18.0 Å². The zero-order valence-electron chi connectivity index (χ0n) is 32.3. The molecule has 0 radical (unpaired) electrons. The molecule has 0 aliphatic rings. The van der Waals surface area contributed by atoms with Crippen LogP contribution >= 0.6 is 0 Å². The van der Waals surface area contributed by atoms with Crippen LogP contribution in [0.25, 0.3) is 22.0 Å². The topological polar surface area (TPSA) is 136 Å². The quantitative estimate of drug-likeness (QED) is 0.111. The molecule has 4 aromatic rings. The summed E-state index contributed by atoms with van der Waals surface area (Å²) in [6.45, 7) is 16.2. The number of hydrogen-bond acceptors (Lipinski definition) is 8. The van der Waals surface area contributed by atoms with E-state index in [-0.39, 0.29) is 19.1 Å². The second-order valence-corrected chi connectivity index (χ2v) is 15.4. The lowest BCUT2D eigenvalue weighted by atomic mass is 9.91. The van der Waals surface area contributed by atoms with Gasteiger partial charge in [0.1, 0.15) is 30.9 Å². The smallest absolute Gasteiger partial charge is 0.407 e.